The van der Waals surface area contributed by atoms with E-state index in [9.17, 15) is 14.4 Å². The number of amides is 2. The molecule has 3 heterocycles. The van der Waals surface area contributed by atoms with Gasteiger partial charge in [-0.2, -0.15) is 0 Å². The minimum atomic E-state index is -1.02. The maximum Gasteiger partial charge on any atom is 0.368 e. The van der Waals surface area contributed by atoms with Gasteiger partial charge in [-0.05, 0) is 18.4 Å². The van der Waals surface area contributed by atoms with Gasteiger partial charge in [0, 0.05) is 13.0 Å². The fraction of sp³-hybridized carbons (Fsp3) is 0.562. The summed E-state index contributed by atoms with van der Waals surface area (Å²) in [7, 11) is 1.33. The zero-order chi connectivity index (χ0) is 16.8. The van der Waals surface area contributed by atoms with Gasteiger partial charge in [-0.3, -0.25) is 14.5 Å². The van der Waals surface area contributed by atoms with Crippen LogP contribution in [0.1, 0.15) is 31.2 Å². The Hall–Kier alpha value is -1.73. The molecule has 124 valence electrons. The molecule has 6 nitrogen and oxygen atoms in total. The zero-order valence-electron chi connectivity index (χ0n) is 13.4. The van der Waals surface area contributed by atoms with Gasteiger partial charge in [-0.15, -0.1) is 11.3 Å². The van der Waals surface area contributed by atoms with E-state index < -0.39 is 23.3 Å². The highest BCUT2D eigenvalue weighted by Crippen LogP contribution is 2.46. The number of ether oxygens (including phenoxy) is 1. The third-order valence-electron chi connectivity index (χ3n) is 5.20. The van der Waals surface area contributed by atoms with Gasteiger partial charge in [0.1, 0.15) is 17.9 Å². The lowest BCUT2D eigenvalue weighted by Gasteiger charge is -2.27. The number of carbonyl (C=O) groups excluding carboxylic acids is 3. The van der Waals surface area contributed by atoms with Gasteiger partial charge in [0.25, 0.3) is 0 Å². The molecule has 23 heavy (non-hydrogen) atoms. The number of quaternary nitrogens is 1. The van der Waals surface area contributed by atoms with Crippen molar-refractivity contribution in [3.05, 3.63) is 22.4 Å². The molecule has 1 aromatic heterocycles. The van der Waals surface area contributed by atoms with Crippen LogP contribution in [-0.4, -0.2) is 41.9 Å². The van der Waals surface area contributed by atoms with Gasteiger partial charge in [0.2, 0.25) is 17.4 Å². The Kier molecular flexibility index (Phi) is 4.01. The zero-order valence-corrected chi connectivity index (χ0v) is 14.3. The first-order chi connectivity index (χ1) is 11.0. The summed E-state index contributed by atoms with van der Waals surface area (Å²) >= 11 is 1.55. The van der Waals surface area contributed by atoms with Crippen molar-refractivity contribution in [1.29, 1.82) is 0 Å². The molecular formula is C16H21N2O4S+. The van der Waals surface area contributed by atoms with Crippen molar-refractivity contribution in [2.24, 2.45) is 11.8 Å². The Morgan fingerprint density at radius 2 is 2.13 bits per heavy atom. The minimum absolute atomic E-state index is 0.170. The van der Waals surface area contributed by atoms with E-state index in [0.717, 1.165) is 4.88 Å². The van der Waals surface area contributed by atoms with Crippen LogP contribution in [0.3, 0.4) is 0 Å². The number of nitrogens with two attached hydrogens (primary N) is 1. The first kappa shape index (κ1) is 16.1. The molecule has 2 N–H and O–H groups in total. The van der Waals surface area contributed by atoms with E-state index in [0.29, 0.717) is 13.0 Å². The number of hydrogen-bond acceptors (Lipinski definition) is 5. The van der Waals surface area contributed by atoms with Crippen LogP contribution < -0.4 is 5.32 Å². The van der Waals surface area contributed by atoms with Crippen LogP contribution in [-0.2, 0) is 19.1 Å². The third kappa shape index (κ3) is 2.06. The summed E-state index contributed by atoms with van der Waals surface area (Å²) in [5.74, 6) is -1.99. The number of fused-ring (bicyclic) bond motifs is 1. The van der Waals surface area contributed by atoms with Crippen molar-refractivity contribution in [2.45, 2.75) is 31.8 Å². The van der Waals surface area contributed by atoms with Crippen molar-refractivity contribution in [2.75, 3.05) is 13.7 Å². The molecule has 2 fully saturated rings. The smallest absolute Gasteiger partial charge is 0.368 e. The number of carbonyl (C=O) groups is 3. The maximum absolute atomic E-state index is 12.8. The summed E-state index contributed by atoms with van der Waals surface area (Å²) in [6.45, 7) is 3.99. The topological polar surface area (TPSA) is 80.3 Å². The summed E-state index contributed by atoms with van der Waals surface area (Å²) in [6, 6.07) is 3.66. The lowest BCUT2D eigenvalue weighted by atomic mass is 9.78. The molecule has 2 amide bonds. The third-order valence-corrected chi connectivity index (χ3v) is 6.17. The lowest BCUT2D eigenvalue weighted by molar-refractivity contribution is -0.734. The molecule has 1 aromatic rings. The molecular weight excluding hydrogens is 316 g/mol. The molecule has 0 aliphatic carbocycles. The van der Waals surface area contributed by atoms with Crippen LogP contribution in [0.25, 0.3) is 0 Å². The first-order valence-electron chi connectivity index (χ1n) is 7.84. The molecule has 0 saturated carbocycles. The molecule has 2 aliphatic heterocycles. The molecule has 0 unspecified atom stereocenters. The van der Waals surface area contributed by atoms with E-state index in [-0.39, 0.29) is 17.9 Å². The van der Waals surface area contributed by atoms with Gasteiger partial charge in [0.15, 0.2) is 0 Å². The molecule has 0 spiro atoms. The average molecular weight is 337 g/mol. The minimum Gasteiger partial charge on any atom is -0.464 e. The number of imide groups is 1. The van der Waals surface area contributed by atoms with Crippen molar-refractivity contribution in [3.63, 3.8) is 0 Å². The van der Waals surface area contributed by atoms with Crippen LogP contribution in [0.2, 0.25) is 0 Å². The fourth-order valence-electron chi connectivity index (χ4n) is 4.10. The normalized spacial score (nSPS) is 33.2. The maximum atomic E-state index is 12.8. The largest absolute Gasteiger partial charge is 0.464 e. The summed E-state index contributed by atoms with van der Waals surface area (Å²) < 4.78 is 5.01. The van der Waals surface area contributed by atoms with Crippen molar-refractivity contribution >= 4 is 29.1 Å². The Bertz CT molecular complexity index is 645. The number of hydrogen-bond donors (Lipinski definition) is 1. The highest BCUT2D eigenvalue weighted by Gasteiger charge is 2.71. The molecule has 2 saturated heterocycles. The number of likely N-dealkylation sites (tertiary alicyclic amines) is 1. The van der Waals surface area contributed by atoms with E-state index in [1.165, 1.54) is 12.0 Å². The first-order valence-corrected chi connectivity index (χ1v) is 8.72. The van der Waals surface area contributed by atoms with Gasteiger partial charge < -0.3 is 10.1 Å². The molecule has 0 radical (unpaired) electrons. The Labute approximate surface area is 138 Å². The predicted molar refractivity (Wildman–Crippen MR) is 83.4 cm³/mol. The second-order valence-corrected chi connectivity index (χ2v) is 7.00. The van der Waals surface area contributed by atoms with E-state index in [4.69, 9.17) is 4.74 Å². The van der Waals surface area contributed by atoms with Crippen LogP contribution in [0.5, 0.6) is 0 Å². The second-order valence-electron chi connectivity index (χ2n) is 6.02. The molecule has 3 rings (SSSR count). The van der Waals surface area contributed by atoms with Gasteiger partial charge in [-0.1, -0.05) is 13.0 Å². The highest BCUT2D eigenvalue weighted by molar-refractivity contribution is 7.10. The average Bonchev–Trinajstić information content (AvgIpc) is 3.24. The van der Waals surface area contributed by atoms with Crippen LogP contribution in [0, 0.1) is 11.8 Å². The number of rotatable bonds is 4. The lowest BCUT2D eigenvalue weighted by Crippen LogP contribution is -2.98. The summed E-state index contributed by atoms with van der Waals surface area (Å²) in [4.78, 5) is 40.4. The van der Waals surface area contributed by atoms with E-state index in [2.05, 4.69) is 0 Å². The number of thiophene rings is 1. The van der Waals surface area contributed by atoms with Crippen LogP contribution >= 0.6 is 11.3 Å². The van der Waals surface area contributed by atoms with Crippen LogP contribution in [0.15, 0.2) is 17.5 Å². The number of methoxy groups -OCH3 is 1. The highest BCUT2D eigenvalue weighted by atomic mass is 32.1. The molecule has 2 aliphatic rings. The molecule has 7 heteroatoms. The second kappa shape index (κ2) is 5.72. The van der Waals surface area contributed by atoms with Gasteiger partial charge in [-0.25, -0.2) is 4.79 Å². The SMILES string of the molecule is CCN1C(=O)[C@@H]2[C@H](c3cccs3)[NH2+][C@](CC)(C(=O)OC)[C@H]2C1=O. The summed E-state index contributed by atoms with van der Waals surface area (Å²) in [5.41, 5.74) is -1.02. The Balaban J connectivity index is 2.13. The van der Waals surface area contributed by atoms with Crippen molar-refractivity contribution in [3.8, 4) is 0 Å². The van der Waals surface area contributed by atoms with E-state index in [1.807, 2.05) is 29.8 Å². The van der Waals surface area contributed by atoms with Crippen molar-refractivity contribution < 1.29 is 24.4 Å². The fourth-order valence-corrected chi connectivity index (χ4v) is 4.94. The Morgan fingerprint density at radius 1 is 1.39 bits per heavy atom. The molecule has 0 bridgehead atoms. The monoisotopic (exact) mass is 337 g/mol. The number of nitrogens with zero attached hydrogens (tertiary/aromatic N) is 1. The standard InChI is InChI=1S/C16H20N2O4S/c1-4-16(15(21)22-3)11-10(13(19)18(5-2)14(11)20)12(17-16)9-7-6-8-23-9/h6-8,10-12,17H,4-5H2,1-3H3/p+1/t10-,11+,12-,16-/m0/s1. The van der Waals surface area contributed by atoms with Gasteiger partial charge >= 0.3 is 5.97 Å². The summed E-state index contributed by atoms with van der Waals surface area (Å²) in [5, 5.41) is 3.84. The van der Waals surface area contributed by atoms with E-state index >= 15 is 0 Å². The quantitative estimate of drug-likeness (QED) is 0.633. The van der Waals surface area contributed by atoms with Crippen LogP contribution in [0.4, 0.5) is 0 Å². The van der Waals surface area contributed by atoms with Crippen molar-refractivity contribution in [1.82, 2.24) is 4.90 Å². The summed E-state index contributed by atoms with van der Waals surface area (Å²) in [6.07, 6.45) is 0.444. The Morgan fingerprint density at radius 3 is 2.65 bits per heavy atom. The van der Waals surface area contributed by atoms with Gasteiger partial charge in [0.05, 0.1) is 12.0 Å². The number of esters is 1. The predicted octanol–water partition coefficient (Wildman–Crippen LogP) is 0.309. The molecule has 0 aromatic carbocycles. The molecule has 4 atom stereocenters. The van der Waals surface area contributed by atoms with E-state index in [1.54, 1.807) is 18.3 Å².